The number of hydrogen-bond donors (Lipinski definition) is 0. The molecule has 0 spiro atoms. The zero-order valence-corrected chi connectivity index (χ0v) is 16.0. The van der Waals surface area contributed by atoms with E-state index in [1.54, 1.807) is 0 Å². The van der Waals surface area contributed by atoms with Gasteiger partial charge in [-0.2, -0.15) is 0 Å². The van der Waals surface area contributed by atoms with Crippen LogP contribution in [0, 0.1) is 0 Å². The Hall–Kier alpha value is -2.34. The Morgan fingerprint density at radius 1 is 0.741 bits per heavy atom. The molecule has 27 heavy (non-hydrogen) atoms. The van der Waals surface area contributed by atoms with Gasteiger partial charge in [-0.15, -0.1) is 0 Å². The van der Waals surface area contributed by atoms with Crippen LogP contribution >= 0.6 is 15.9 Å². The highest BCUT2D eigenvalue weighted by Crippen LogP contribution is 2.50. The zero-order chi connectivity index (χ0) is 18.3. The molecule has 0 radical (unpaired) electrons. The lowest BCUT2D eigenvalue weighted by Gasteiger charge is -2.28. The van der Waals surface area contributed by atoms with E-state index in [0.29, 0.717) is 24.7 Å². The molecular weight excluding hydrogens is 408 g/mol. The minimum absolute atomic E-state index is 0.392. The van der Waals surface area contributed by atoms with Crippen LogP contribution in [0.1, 0.15) is 23.0 Å². The lowest BCUT2D eigenvalue weighted by molar-refractivity contribution is -0.0483. The molecule has 1 fully saturated rings. The molecule has 0 N–H and O–H groups in total. The molecule has 1 saturated heterocycles. The summed E-state index contributed by atoms with van der Waals surface area (Å²) in [5.74, 6) is 0.316. The van der Waals surface area contributed by atoms with Gasteiger partial charge in [0.05, 0.1) is 13.2 Å². The molecule has 0 aliphatic carbocycles. The van der Waals surface area contributed by atoms with Gasteiger partial charge in [-0.05, 0) is 12.1 Å². The Balaban J connectivity index is 1.62. The van der Waals surface area contributed by atoms with Gasteiger partial charge in [0.15, 0.2) is 17.8 Å². The highest BCUT2D eigenvalue weighted by molar-refractivity contribution is 9.10. The molecule has 3 aromatic rings. The van der Waals surface area contributed by atoms with Crippen LogP contribution < -0.4 is 9.47 Å². The van der Waals surface area contributed by atoms with E-state index in [9.17, 15) is 0 Å². The molecule has 3 aromatic carbocycles. The molecule has 2 heterocycles. The van der Waals surface area contributed by atoms with Crippen molar-refractivity contribution in [1.82, 2.24) is 0 Å². The Bertz CT molecular complexity index is 913. The third-order valence-corrected chi connectivity index (χ3v) is 5.44. The number of rotatable bonds is 3. The minimum Gasteiger partial charge on any atom is -0.440 e. The highest BCUT2D eigenvalue weighted by Gasteiger charge is 2.46. The summed E-state index contributed by atoms with van der Waals surface area (Å²) in [6, 6.07) is 23.8. The van der Waals surface area contributed by atoms with Crippen molar-refractivity contribution in [2.24, 2.45) is 0 Å². The molecule has 0 amide bonds. The maximum atomic E-state index is 6.47. The first kappa shape index (κ1) is 16.8. The molecule has 0 aromatic heterocycles. The molecule has 4 nitrogen and oxygen atoms in total. The third kappa shape index (κ3) is 2.83. The van der Waals surface area contributed by atoms with Gasteiger partial charge in [-0.1, -0.05) is 76.6 Å². The van der Waals surface area contributed by atoms with Crippen LogP contribution in [0.25, 0.3) is 0 Å². The Labute approximate surface area is 165 Å². The normalized spacial score (nSPS) is 18.0. The van der Waals surface area contributed by atoms with E-state index in [0.717, 1.165) is 21.2 Å². The van der Waals surface area contributed by atoms with Crippen LogP contribution in [0.2, 0.25) is 0 Å². The van der Waals surface area contributed by atoms with Gasteiger partial charge in [-0.3, -0.25) is 0 Å². The van der Waals surface area contributed by atoms with E-state index in [1.807, 2.05) is 72.8 Å². The molecule has 5 heteroatoms. The zero-order valence-electron chi connectivity index (χ0n) is 14.4. The van der Waals surface area contributed by atoms with Gasteiger partial charge in [0, 0.05) is 21.2 Å². The third-order valence-electron chi connectivity index (χ3n) is 4.75. The van der Waals surface area contributed by atoms with Crippen LogP contribution in [0.5, 0.6) is 11.5 Å². The molecule has 0 saturated carbocycles. The van der Waals surface area contributed by atoms with E-state index in [4.69, 9.17) is 18.9 Å². The number of fused-ring (bicyclic) bond motifs is 1. The van der Waals surface area contributed by atoms with E-state index < -0.39 is 12.1 Å². The molecular formula is C22H17BrO4. The summed E-state index contributed by atoms with van der Waals surface area (Å²) >= 11 is 3.61. The van der Waals surface area contributed by atoms with Crippen molar-refractivity contribution in [3.05, 3.63) is 94.0 Å². The van der Waals surface area contributed by atoms with Crippen LogP contribution in [0.4, 0.5) is 0 Å². The van der Waals surface area contributed by atoms with Gasteiger partial charge in [0.2, 0.25) is 0 Å². The van der Waals surface area contributed by atoms with E-state index in [1.165, 1.54) is 0 Å². The molecule has 2 aliphatic rings. The van der Waals surface area contributed by atoms with Crippen molar-refractivity contribution in [3.63, 3.8) is 0 Å². The highest BCUT2D eigenvalue weighted by atomic mass is 79.9. The first-order chi connectivity index (χ1) is 13.3. The van der Waals surface area contributed by atoms with Gasteiger partial charge < -0.3 is 18.9 Å². The van der Waals surface area contributed by atoms with Crippen molar-refractivity contribution in [2.45, 2.75) is 12.1 Å². The number of benzene rings is 3. The lowest BCUT2D eigenvalue weighted by atomic mass is 9.97. The van der Waals surface area contributed by atoms with E-state index >= 15 is 0 Å². The van der Waals surface area contributed by atoms with Crippen LogP contribution in [-0.4, -0.2) is 13.2 Å². The maximum Gasteiger partial charge on any atom is 0.305 e. The summed E-state index contributed by atoms with van der Waals surface area (Å²) in [6.07, 6.45) is -0.392. The largest absolute Gasteiger partial charge is 0.440 e. The van der Waals surface area contributed by atoms with Gasteiger partial charge in [0.1, 0.15) is 0 Å². The second-order valence-corrected chi connectivity index (χ2v) is 7.30. The second-order valence-electron chi connectivity index (χ2n) is 6.45. The van der Waals surface area contributed by atoms with E-state index in [2.05, 4.69) is 15.9 Å². The Kier molecular flexibility index (Phi) is 4.16. The van der Waals surface area contributed by atoms with Gasteiger partial charge >= 0.3 is 5.79 Å². The fourth-order valence-electron chi connectivity index (χ4n) is 3.48. The van der Waals surface area contributed by atoms with Crippen molar-refractivity contribution in [3.8, 4) is 11.5 Å². The smallest absolute Gasteiger partial charge is 0.305 e. The standard InChI is InChI=1S/C22H17BrO4/c23-18-14-20-19(13-17(18)21-24-11-12-25-21)26-22(27-20,15-7-3-1-4-8-15)16-9-5-2-6-10-16/h1-10,13-14,21H,11-12H2. The topological polar surface area (TPSA) is 36.9 Å². The van der Waals surface area contributed by atoms with Crippen molar-refractivity contribution >= 4 is 15.9 Å². The SMILES string of the molecule is Brc1cc2c(cc1C1OCCO1)OC(c1ccccc1)(c1ccccc1)O2. The quantitative estimate of drug-likeness (QED) is 0.581. The fourth-order valence-corrected chi connectivity index (χ4v) is 3.99. The average molecular weight is 425 g/mol. The Morgan fingerprint density at radius 3 is 1.81 bits per heavy atom. The summed E-state index contributed by atoms with van der Waals surface area (Å²) in [5, 5.41) is 0. The van der Waals surface area contributed by atoms with Crippen molar-refractivity contribution < 1.29 is 18.9 Å². The van der Waals surface area contributed by atoms with Crippen molar-refractivity contribution in [1.29, 1.82) is 0 Å². The van der Waals surface area contributed by atoms with Gasteiger partial charge in [-0.25, -0.2) is 0 Å². The first-order valence-corrected chi connectivity index (χ1v) is 9.61. The number of halogens is 1. The first-order valence-electron chi connectivity index (χ1n) is 8.82. The molecule has 136 valence electrons. The summed E-state index contributed by atoms with van der Waals surface area (Å²) < 4.78 is 25.1. The van der Waals surface area contributed by atoms with Crippen molar-refractivity contribution in [2.75, 3.05) is 13.2 Å². The van der Waals surface area contributed by atoms with Crippen LogP contribution in [-0.2, 0) is 15.3 Å². The maximum absolute atomic E-state index is 6.47. The molecule has 5 rings (SSSR count). The molecule has 0 unspecified atom stereocenters. The van der Waals surface area contributed by atoms with Crippen LogP contribution in [0.15, 0.2) is 77.3 Å². The predicted molar refractivity (Wildman–Crippen MR) is 104 cm³/mol. The van der Waals surface area contributed by atoms with E-state index in [-0.39, 0.29) is 0 Å². The Morgan fingerprint density at radius 2 is 1.26 bits per heavy atom. The van der Waals surface area contributed by atoms with Crippen LogP contribution in [0.3, 0.4) is 0 Å². The summed E-state index contributed by atoms with van der Waals surface area (Å²) in [6.45, 7) is 1.17. The molecule has 0 atom stereocenters. The fraction of sp³-hybridized carbons (Fsp3) is 0.182. The lowest BCUT2D eigenvalue weighted by Crippen LogP contribution is -2.36. The average Bonchev–Trinajstić information content (AvgIpc) is 3.37. The minimum atomic E-state index is -1.03. The molecule has 2 aliphatic heterocycles. The van der Waals surface area contributed by atoms with Gasteiger partial charge in [0.25, 0.3) is 0 Å². The summed E-state index contributed by atoms with van der Waals surface area (Å²) in [4.78, 5) is 0. The summed E-state index contributed by atoms with van der Waals surface area (Å²) in [5.41, 5.74) is 2.75. The monoisotopic (exact) mass is 424 g/mol. The summed E-state index contributed by atoms with van der Waals surface area (Å²) in [7, 11) is 0. The molecule has 0 bridgehead atoms. The predicted octanol–water partition coefficient (Wildman–Crippen LogP) is 5.17. The number of ether oxygens (including phenoxy) is 4. The number of hydrogen-bond acceptors (Lipinski definition) is 4. The second kappa shape index (κ2) is 6.68.